The molecule has 41 heavy (non-hydrogen) atoms. The summed E-state index contributed by atoms with van der Waals surface area (Å²) in [5, 5.41) is 83.8. The number of carbonyl (C=O) groups is 1. The highest BCUT2D eigenvalue weighted by Gasteiger charge is 2.44. The average Bonchev–Trinajstić information content (AvgIpc) is 3.49. The van der Waals surface area contributed by atoms with Crippen molar-refractivity contribution in [1.82, 2.24) is 0 Å². The van der Waals surface area contributed by atoms with Gasteiger partial charge in [0.05, 0.1) is 19.3 Å². The molecule has 2 aliphatic heterocycles. The Kier molecular flexibility index (Phi) is 14.6. The second kappa shape index (κ2) is 17.3. The summed E-state index contributed by atoms with van der Waals surface area (Å²) >= 11 is 0. The van der Waals surface area contributed by atoms with Crippen LogP contribution < -0.4 is 5.32 Å². The maximum Gasteiger partial charge on any atom is 0.224 e. The molecule has 14 heteroatoms. The molecule has 1 aromatic carbocycles. The quantitative estimate of drug-likeness (QED) is 0.0846. The number of benzene rings is 1. The molecule has 0 bridgehead atoms. The first-order valence-corrected chi connectivity index (χ1v) is 16.3. The van der Waals surface area contributed by atoms with Crippen LogP contribution in [0.3, 0.4) is 0 Å². The molecule has 1 amide bonds. The van der Waals surface area contributed by atoms with Crippen LogP contribution in [-0.4, -0.2) is 126 Å². The predicted molar refractivity (Wildman–Crippen MR) is 154 cm³/mol. The Morgan fingerprint density at radius 1 is 1.05 bits per heavy atom. The summed E-state index contributed by atoms with van der Waals surface area (Å²) in [6.45, 7) is -1.30. The van der Waals surface area contributed by atoms with Gasteiger partial charge in [-0.25, -0.2) is 0 Å². The Labute approximate surface area is 247 Å². The van der Waals surface area contributed by atoms with Crippen LogP contribution in [0.5, 0.6) is 0 Å². The Hall–Kier alpha value is -1.01. The molecule has 0 saturated carbocycles. The zero-order valence-electron chi connectivity index (χ0n) is 22.8. The van der Waals surface area contributed by atoms with Gasteiger partial charge in [0.1, 0.15) is 42.7 Å². The van der Waals surface area contributed by atoms with Gasteiger partial charge in [0.25, 0.3) is 0 Å². The lowest BCUT2D eigenvalue weighted by Crippen LogP contribution is -2.59. The molecule has 9 N–H and O–H groups in total. The standard InChI is InChI=1S/C27H43NO11S2/c29-13-20-24(35)25(36)26(37)27(39-20)38-14-19(31)23(34)22(33)18(30)9-8-15-4-3-5-16(12-15)28-21(32)7-2-1-6-17-10-11-40-41-17/h3-5,12,17-20,22-27,29-31,33-37H,1-2,6-11,13-14H2,(H,28,32). The van der Waals surface area contributed by atoms with Crippen LogP contribution in [0.1, 0.15) is 44.1 Å². The van der Waals surface area contributed by atoms with Crippen molar-refractivity contribution in [3.63, 3.8) is 0 Å². The third-order valence-electron chi connectivity index (χ3n) is 7.26. The van der Waals surface area contributed by atoms with Gasteiger partial charge in [0.2, 0.25) is 5.91 Å². The molecule has 2 saturated heterocycles. The fraction of sp³-hybridized carbons (Fsp3) is 0.741. The van der Waals surface area contributed by atoms with Crippen molar-refractivity contribution >= 4 is 33.2 Å². The molecule has 2 aliphatic rings. The van der Waals surface area contributed by atoms with Crippen molar-refractivity contribution in [2.24, 2.45) is 0 Å². The van der Waals surface area contributed by atoms with Crippen LogP contribution in [0.25, 0.3) is 0 Å². The van der Waals surface area contributed by atoms with Gasteiger partial charge in [0.15, 0.2) is 6.29 Å². The second-order valence-electron chi connectivity index (χ2n) is 10.5. The summed E-state index contributed by atoms with van der Waals surface area (Å²) in [4.78, 5) is 12.3. The highest BCUT2D eigenvalue weighted by Crippen LogP contribution is 2.39. The molecule has 12 nitrogen and oxygen atoms in total. The topological polar surface area (TPSA) is 209 Å². The van der Waals surface area contributed by atoms with Gasteiger partial charge >= 0.3 is 0 Å². The number of hydrogen-bond donors (Lipinski definition) is 9. The summed E-state index contributed by atoms with van der Waals surface area (Å²) in [6.07, 6.45) is -9.25. The van der Waals surface area contributed by atoms with Gasteiger partial charge in [-0.1, -0.05) is 40.1 Å². The van der Waals surface area contributed by atoms with Gasteiger partial charge < -0.3 is 55.6 Å². The minimum atomic E-state index is -1.81. The van der Waals surface area contributed by atoms with Crippen LogP contribution in [0.4, 0.5) is 5.69 Å². The number of unbranched alkanes of at least 4 members (excludes halogenated alkanes) is 1. The number of anilines is 1. The smallest absolute Gasteiger partial charge is 0.224 e. The highest BCUT2D eigenvalue weighted by molar-refractivity contribution is 8.77. The van der Waals surface area contributed by atoms with E-state index in [2.05, 4.69) is 5.32 Å². The minimum absolute atomic E-state index is 0.0490. The number of nitrogens with one attached hydrogen (secondary N) is 1. The Balaban J connectivity index is 1.38. The summed E-state index contributed by atoms with van der Waals surface area (Å²) in [6, 6.07) is 7.14. The molecule has 234 valence electrons. The van der Waals surface area contributed by atoms with E-state index in [4.69, 9.17) is 9.47 Å². The zero-order chi connectivity index (χ0) is 29.9. The third kappa shape index (κ3) is 10.6. The van der Waals surface area contributed by atoms with E-state index in [1.165, 1.54) is 12.2 Å². The zero-order valence-corrected chi connectivity index (χ0v) is 24.4. The van der Waals surface area contributed by atoms with E-state index < -0.39 is 68.3 Å². The first-order chi connectivity index (χ1) is 19.6. The van der Waals surface area contributed by atoms with Crippen LogP contribution in [0.2, 0.25) is 0 Å². The maximum absolute atomic E-state index is 12.3. The number of aryl methyl sites for hydroxylation is 1. The molecular formula is C27H43NO11S2. The third-order valence-corrected chi connectivity index (χ3v) is 10.3. The van der Waals surface area contributed by atoms with Crippen LogP contribution in [0, 0.1) is 0 Å². The minimum Gasteiger partial charge on any atom is -0.394 e. The van der Waals surface area contributed by atoms with E-state index in [0.29, 0.717) is 23.8 Å². The first-order valence-electron chi connectivity index (χ1n) is 13.9. The lowest BCUT2D eigenvalue weighted by molar-refractivity contribution is -0.306. The molecule has 10 unspecified atom stereocenters. The lowest BCUT2D eigenvalue weighted by atomic mass is 9.97. The molecular weight excluding hydrogens is 578 g/mol. The predicted octanol–water partition coefficient (Wildman–Crippen LogP) is -0.468. The molecule has 0 aliphatic carbocycles. The van der Waals surface area contributed by atoms with Crippen molar-refractivity contribution in [3.05, 3.63) is 29.8 Å². The van der Waals surface area contributed by atoms with Crippen molar-refractivity contribution < 1.29 is 55.1 Å². The molecule has 1 aromatic rings. The monoisotopic (exact) mass is 621 g/mol. The van der Waals surface area contributed by atoms with Crippen molar-refractivity contribution in [2.45, 2.75) is 105 Å². The van der Waals surface area contributed by atoms with Crippen LogP contribution in [0.15, 0.2) is 24.3 Å². The average molecular weight is 622 g/mol. The van der Waals surface area contributed by atoms with Gasteiger partial charge in [-0.3, -0.25) is 4.79 Å². The lowest BCUT2D eigenvalue weighted by Gasteiger charge is -2.40. The molecule has 2 fully saturated rings. The first kappa shape index (κ1) is 34.5. The maximum atomic E-state index is 12.3. The van der Waals surface area contributed by atoms with Gasteiger partial charge in [-0.2, -0.15) is 0 Å². The number of hydrogen-bond acceptors (Lipinski definition) is 13. The van der Waals surface area contributed by atoms with Crippen molar-refractivity contribution in [1.29, 1.82) is 0 Å². The summed E-state index contributed by atoms with van der Waals surface area (Å²) < 4.78 is 10.4. The molecule has 10 atom stereocenters. The second-order valence-corrected chi connectivity index (χ2v) is 13.3. The van der Waals surface area contributed by atoms with E-state index in [1.54, 1.807) is 18.2 Å². The molecule has 2 heterocycles. The summed E-state index contributed by atoms with van der Waals surface area (Å²) in [7, 11) is 3.86. The molecule has 3 rings (SSSR count). The Morgan fingerprint density at radius 2 is 1.80 bits per heavy atom. The normalized spacial score (nSPS) is 29.6. The van der Waals surface area contributed by atoms with Crippen molar-refractivity contribution in [2.75, 3.05) is 24.3 Å². The van der Waals surface area contributed by atoms with Gasteiger partial charge in [-0.05, 0) is 49.8 Å². The largest absolute Gasteiger partial charge is 0.394 e. The molecule has 0 spiro atoms. The van der Waals surface area contributed by atoms with Crippen LogP contribution in [-0.2, 0) is 20.7 Å². The number of aliphatic hydroxyl groups is 8. The number of amides is 1. The molecule has 0 aromatic heterocycles. The van der Waals surface area contributed by atoms with E-state index in [-0.39, 0.29) is 12.3 Å². The number of carbonyl (C=O) groups excluding carboxylic acids is 1. The van der Waals surface area contributed by atoms with Gasteiger partial charge in [0, 0.05) is 23.1 Å². The molecule has 0 radical (unpaired) electrons. The highest BCUT2D eigenvalue weighted by atomic mass is 33.1. The van der Waals surface area contributed by atoms with Crippen molar-refractivity contribution in [3.8, 4) is 0 Å². The van der Waals surface area contributed by atoms with E-state index in [9.17, 15) is 45.6 Å². The van der Waals surface area contributed by atoms with Crippen LogP contribution >= 0.6 is 21.6 Å². The summed E-state index contributed by atoms with van der Waals surface area (Å²) in [5.74, 6) is 1.14. The summed E-state index contributed by atoms with van der Waals surface area (Å²) in [5.41, 5.74) is 1.43. The van der Waals surface area contributed by atoms with E-state index in [1.807, 2.05) is 27.7 Å². The van der Waals surface area contributed by atoms with E-state index in [0.717, 1.165) is 24.8 Å². The fourth-order valence-electron chi connectivity index (χ4n) is 4.69. The SMILES string of the molecule is O=C(CCCCC1CCSS1)Nc1cccc(CCC(O)C(O)C(O)C(O)COC2OC(CO)C(O)C(O)C2O)c1. The number of aliphatic hydroxyl groups excluding tert-OH is 8. The Morgan fingerprint density at radius 3 is 2.51 bits per heavy atom. The Bertz CT molecular complexity index is 923. The number of rotatable bonds is 16. The van der Waals surface area contributed by atoms with E-state index >= 15 is 0 Å². The fourth-order valence-corrected chi connectivity index (χ4v) is 7.72. The van der Waals surface area contributed by atoms with Gasteiger partial charge in [-0.15, -0.1) is 0 Å². The number of ether oxygens (including phenoxy) is 2.